The fourth-order valence-electron chi connectivity index (χ4n) is 2.02. The van der Waals surface area contributed by atoms with E-state index >= 15 is 0 Å². The van der Waals surface area contributed by atoms with Crippen LogP contribution in [0.5, 0.6) is 0 Å². The van der Waals surface area contributed by atoms with Crippen molar-refractivity contribution in [3.63, 3.8) is 0 Å². The first-order valence-electron chi connectivity index (χ1n) is 5.85. The highest BCUT2D eigenvalue weighted by molar-refractivity contribution is 7.91. The first-order valence-corrected chi connectivity index (χ1v) is 9.15. The number of benzene rings is 1. The topological polar surface area (TPSA) is 80.3 Å². The van der Waals surface area contributed by atoms with E-state index in [1.165, 1.54) is 0 Å². The highest BCUT2D eigenvalue weighted by Crippen LogP contribution is 2.19. The van der Waals surface area contributed by atoms with Gasteiger partial charge in [-0.05, 0) is 30.5 Å². The molecule has 1 aliphatic heterocycles. The molecule has 1 atom stereocenters. The van der Waals surface area contributed by atoms with Gasteiger partial charge in [-0.2, -0.15) is 0 Å². The Morgan fingerprint density at radius 1 is 1.30 bits per heavy atom. The summed E-state index contributed by atoms with van der Waals surface area (Å²) in [5.74, 6) is -2.34. The van der Waals surface area contributed by atoms with Crippen molar-refractivity contribution in [3.05, 3.63) is 29.8 Å². The largest absolute Gasteiger partial charge is 0.243 e. The van der Waals surface area contributed by atoms with Gasteiger partial charge in [0.15, 0.2) is 9.84 Å². The molecule has 9 heteroatoms. The predicted molar refractivity (Wildman–Crippen MR) is 68.3 cm³/mol. The number of sulfonamides is 1. The predicted octanol–water partition coefficient (Wildman–Crippen LogP) is 0.678. The molecule has 112 valence electrons. The van der Waals surface area contributed by atoms with Gasteiger partial charge >= 0.3 is 0 Å². The molecule has 1 aliphatic rings. The van der Waals surface area contributed by atoms with Gasteiger partial charge in [0.2, 0.25) is 10.0 Å². The monoisotopic (exact) mass is 325 g/mol. The van der Waals surface area contributed by atoms with Crippen LogP contribution in [0.3, 0.4) is 0 Å². The Bertz CT molecular complexity index is 716. The Hall–Kier alpha value is -1.06. The summed E-state index contributed by atoms with van der Waals surface area (Å²) in [6.07, 6.45) is 0.358. The summed E-state index contributed by atoms with van der Waals surface area (Å²) in [5.41, 5.74) is 0. The van der Waals surface area contributed by atoms with Crippen molar-refractivity contribution in [3.8, 4) is 0 Å². The van der Waals surface area contributed by atoms with Crippen LogP contribution < -0.4 is 4.72 Å². The van der Waals surface area contributed by atoms with E-state index in [2.05, 4.69) is 4.72 Å². The maximum Gasteiger partial charge on any atom is 0.243 e. The van der Waals surface area contributed by atoms with Crippen LogP contribution in [-0.4, -0.2) is 34.9 Å². The fraction of sp³-hybridized carbons (Fsp3) is 0.455. The Balaban J connectivity index is 2.10. The molecule has 1 aromatic rings. The van der Waals surface area contributed by atoms with E-state index in [1.54, 1.807) is 0 Å². The highest BCUT2D eigenvalue weighted by atomic mass is 32.2. The van der Waals surface area contributed by atoms with Crippen LogP contribution in [0, 0.1) is 17.6 Å². The Morgan fingerprint density at radius 3 is 2.60 bits per heavy atom. The summed E-state index contributed by atoms with van der Waals surface area (Å²) < 4.78 is 74.7. The summed E-state index contributed by atoms with van der Waals surface area (Å²) in [5, 5.41) is 0. The van der Waals surface area contributed by atoms with E-state index in [9.17, 15) is 25.6 Å². The normalized spacial score (nSPS) is 22.0. The first-order chi connectivity index (χ1) is 9.20. The summed E-state index contributed by atoms with van der Waals surface area (Å²) >= 11 is 0. The average Bonchev–Trinajstić information content (AvgIpc) is 2.70. The van der Waals surface area contributed by atoms with Crippen LogP contribution in [0.25, 0.3) is 0 Å². The van der Waals surface area contributed by atoms with E-state index in [1.807, 2.05) is 0 Å². The Kier molecular flexibility index (Phi) is 4.12. The van der Waals surface area contributed by atoms with Crippen molar-refractivity contribution in [2.45, 2.75) is 11.3 Å². The number of rotatable bonds is 4. The molecule has 5 nitrogen and oxygen atoms in total. The van der Waals surface area contributed by atoms with Gasteiger partial charge in [0.05, 0.1) is 11.5 Å². The second kappa shape index (κ2) is 5.38. The molecule has 1 aromatic carbocycles. The molecule has 1 fully saturated rings. The van der Waals surface area contributed by atoms with Crippen LogP contribution in [-0.2, 0) is 19.9 Å². The van der Waals surface area contributed by atoms with Crippen molar-refractivity contribution in [1.82, 2.24) is 4.72 Å². The maximum atomic E-state index is 13.4. The van der Waals surface area contributed by atoms with Crippen LogP contribution in [0.4, 0.5) is 8.78 Å². The molecule has 0 radical (unpaired) electrons. The summed E-state index contributed by atoms with van der Waals surface area (Å²) in [7, 11) is -7.31. The van der Waals surface area contributed by atoms with Crippen LogP contribution in [0.1, 0.15) is 6.42 Å². The molecular formula is C11H13F2NO4S2. The summed E-state index contributed by atoms with van der Waals surface area (Å²) in [6, 6.07) is 2.13. The third kappa shape index (κ3) is 3.53. The first kappa shape index (κ1) is 15.3. The summed E-state index contributed by atoms with van der Waals surface area (Å²) in [6.45, 7) is -0.114. The third-order valence-electron chi connectivity index (χ3n) is 3.07. The van der Waals surface area contributed by atoms with E-state index in [4.69, 9.17) is 0 Å². The van der Waals surface area contributed by atoms with Crippen molar-refractivity contribution in [2.75, 3.05) is 18.1 Å². The summed E-state index contributed by atoms with van der Waals surface area (Å²) in [4.78, 5) is -0.779. The van der Waals surface area contributed by atoms with Crippen molar-refractivity contribution in [2.24, 2.45) is 5.92 Å². The molecule has 20 heavy (non-hydrogen) atoms. The molecule has 1 N–H and O–H groups in total. The van der Waals surface area contributed by atoms with E-state index in [-0.39, 0.29) is 24.0 Å². The van der Waals surface area contributed by atoms with Crippen LogP contribution in [0.15, 0.2) is 23.1 Å². The van der Waals surface area contributed by atoms with Crippen LogP contribution >= 0.6 is 0 Å². The number of nitrogens with one attached hydrogen (secondary N) is 1. The minimum Gasteiger partial charge on any atom is -0.229 e. The van der Waals surface area contributed by atoms with Gasteiger partial charge in [-0.15, -0.1) is 0 Å². The second-order valence-electron chi connectivity index (χ2n) is 4.70. The quantitative estimate of drug-likeness (QED) is 0.883. The van der Waals surface area contributed by atoms with Gasteiger partial charge < -0.3 is 0 Å². The van der Waals surface area contributed by atoms with E-state index in [0.717, 1.165) is 12.1 Å². The lowest BCUT2D eigenvalue weighted by atomic mass is 10.1. The fourth-order valence-corrected chi connectivity index (χ4v) is 5.09. The smallest absolute Gasteiger partial charge is 0.229 e. The lowest BCUT2D eigenvalue weighted by molar-refractivity contribution is 0.527. The second-order valence-corrected chi connectivity index (χ2v) is 8.66. The number of sulfone groups is 1. The molecule has 0 spiro atoms. The maximum absolute atomic E-state index is 13.4. The number of halogens is 2. The molecule has 0 saturated carbocycles. The molecule has 0 aliphatic carbocycles. The van der Waals surface area contributed by atoms with Crippen LogP contribution in [0.2, 0.25) is 0 Å². The third-order valence-corrected chi connectivity index (χ3v) is 6.35. The van der Waals surface area contributed by atoms with E-state index < -0.39 is 36.4 Å². The van der Waals surface area contributed by atoms with Gasteiger partial charge in [-0.1, -0.05) is 0 Å². The molecular weight excluding hydrogens is 312 g/mol. The minimum absolute atomic E-state index is 0.0215. The lowest BCUT2D eigenvalue weighted by Gasteiger charge is -2.11. The van der Waals surface area contributed by atoms with Crippen molar-refractivity contribution in [1.29, 1.82) is 0 Å². The van der Waals surface area contributed by atoms with Gasteiger partial charge in [0.25, 0.3) is 0 Å². The van der Waals surface area contributed by atoms with E-state index in [0.29, 0.717) is 12.5 Å². The zero-order chi connectivity index (χ0) is 15.0. The molecule has 0 amide bonds. The van der Waals surface area contributed by atoms with Gasteiger partial charge in [-0.25, -0.2) is 30.3 Å². The van der Waals surface area contributed by atoms with Gasteiger partial charge in [0.1, 0.15) is 16.5 Å². The average molecular weight is 325 g/mol. The van der Waals surface area contributed by atoms with Gasteiger partial charge in [0, 0.05) is 6.54 Å². The number of hydrogen-bond acceptors (Lipinski definition) is 4. The standard InChI is InChI=1S/C11H13F2NO4S2/c12-9-1-2-10(13)11(5-9)20(17,18)14-6-8-3-4-19(15,16)7-8/h1-2,5,8,14H,3-4,6-7H2/t8-/m0/s1. The molecule has 1 heterocycles. The molecule has 2 rings (SSSR count). The molecule has 1 saturated heterocycles. The highest BCUT2D eigenvalue weighted by Gasteiger charge is 2.29. The minimum atomic E-state index is -4.20. The molecule has 0 bridgehead atoms. The SMILES string of the molecule is O=S1(=O)CC[C@@H](CNS(=O)(=O)c2cc(F)ccc2F)C1. The molecule has 0 unspecified atom stereocenters. The van der Waals surface area contributed by atoms with Gasteiger partial charge in [-0.3, -0.25) is 0 Å². The van der Waals surface area contributed by atoms with Crippen molar-refractivity contribution < 1.29 is 25.6 Å². The number of hydrogen-bond donors (Lipinski definition) is 1. The lowest BCUT2D eigenvalue weighted by Crippen LogP contribution is -2.30. The Labute approximate surface area is 116 Å². The molecule has 0 aromatic heterocycles. The zero-order valence-electron chi connectivity index (χ0n) is 10.3. The Morgan fingerprint density at radius 2 is 2.00 bits per heavy atom. The van der Waals surface area contributed by atoms with Crippen molar-refractivity contribution >= 4 is 19.9 Å². The zero-order valence-corrected chi connectivity index (χ0v) is 12.0.